The maximum Gasteiger partial charge on any atom is 0.416 e. The number of nitrogens with zero attached hydrogens (tertiary/aromatic N) is 2. The summed E-state index contributed by atoms with van der Waals surface area (Å²) in [6.45, 7) is 1.51. The molecule has 0 spiro atoms. The summed E-state index contributed by atoms with van der Waals surface area (Å²) in [6, 6.07) is 7.76. The van der Waals surface area contributed by atoms with Gasteiger partial charge in [0.1, 0.15) is 0 Å². The number of rotatable bonds is 2. The number of hydrogen-bond donors (Lipinski definition) is 2. The molecule has 6 nitrogen and oxygen atoms in total. The second-order valence-corrected chi connectivity index (χ2v) is 6.31. The van der Waals surface area contributed by atoms with Crippen LogP contribution in [0.3, 0.4) is 0 Å². The molecule has 28 heavy (non-hydrogen) atoms. The van der Waals surface area contributed by atoms with Gasteiger partial charge in [0.25, 0.3) is 5.56 Å². The van der Waals surface area contributed by atoms with Crippen molar-refractivity contribution in [3.05, 3.63) is 69.6 Å². The highest BCUT2D eigenvalue weighted by Crippen LogP contribution is 2.34. The largest absolute Gasteiger partial charge is 0.478 e. The number of fused-ring (bicyclic) bond motifs is 3. The molecule has 142 valence electrons. The molecule has 0 atom stereocenters. The van der Waals surface area contributed by atoms with E-state index in [1.807, 2.05) is 0 Å². The number of aromatic amines is 1. The van der Waals surface area contributed by atoms with E-state index in [2.05, 4.69) is 10.1 Å². The summed E-state index contributed by atoms with van der Waals surface area (Å²) in [7, 11) is 0. The molecule has 0 fully saturated rings. The van der Waals surface area contributed by atoms with Gasteiger partial charge in [0.15, 0.2) is 0 Å². The summed E-state index contributed by atoms with van der Waals surface area (Å²) in [5.74, 6) is -1.24. The molecule has 4 rings (SSSR count). The molecule has 0 aliphatic rings. The number of alkyl halides is 3. The van der Waals surface area contributed by atoms with Gasteiger partial charge in [-0.25, -0.2) is 9.48 Å². The quantitative estimate of drug-likeness (QED) is 0.546. The second-order valence-electron chi connectivity index (χ2n) is 6.31. The molecule has 0 saturated carbocycles. The van der Waals surface area contributed by atoms with Crippen LogP contribution in [-0.2, 0) is 6.18 Å². The van der Waals surface area contributed by atoms with Crippen LogP contribution >= 0.6 is 0 Å². The van der Waals surface area contributed by atoms with E-state index in [1.165, 1.54) is 31.3 Å². The van der Waals surface area contributed by atoms with Gasteiger partial charge in [-0.05, 0) is 36.8 Å². The van der Waals surface area contributed by atoms with Gasteiger partial charge >= 0.3 is 12.1 Å². The third kappa shape index (κ3) is 2.63. The highest BCUT2D eigenvalue weighted by atomic mass is 19.4. The molecule has 2 heterocycles. The average molecular weight is 387 g/mol. The lowest BCUT2D eigenvalue weighted by Gasteiger charge is -2.10. The third-order valence-electron chi connectivity index (χ3n) is 4.52. The Morgan fingerprint density at radius 2 is 1.89 bits per heavy atom. The Labute approximate surface area is 154 Å². The normalized spacial score (nSPS) is 12.0. The molecule has 0 unspecified atom stereocenters. The van der Waals surface area contributed by atoms with Crippen LogP contribution in [0.1, 0.15) is 21.5 Å². The average Bonchev–Trinajstić information content (AvgIpc) is 2.98. The zero-order chi connectivity index (χ0) is 20.2. The highest BCUT2D eigenvalue weighted by molar-refractivity contribution is 6.04. The van der Waals surface area contributed by atoms with Crippen LogP contribution < -0.4 is 5.56 Å². The number of halogens is 3. The number of H-pyrrole nitrogens is 1. The molecule has 0 amide bonds. The molecule has 2 aromatic carbocycles. The molecule has 0 aliphatic heterocycles. The fraction of sp³-hybridized carbons (Fsp3) is 0.105. The number of carbonyl (C=O) groups is 1. The van der Waals surface area contributed by atoms with Gasteiger partial charge in [-0.2, -0.15) is 13.2 Å². The lowest BCUT2D eigenvalue weighted by Crippen LogP contribution is -2.17. The Bertz CT molecular complexity index is 1320. The van der Waals surface area contributed by atoms with Gasteiger partial charge < -0.3 is 5.11 Å². The first-order valence-corrected chi connectivity index (χ1v) is 8.12. The molecule has 0 aliphatic carbocycles. The lowest BCUT2D eigenvalue weighted by molar-refractivity contribution is -0.137. The van der Waals surface area contributed by atoms with Crippen molar-refractivity contribution < 1.29 is 23.1 Å². The number of benzene rings is 2. The molecule has 2 N–H and O–H groups in total. The van der Waals surface area contributed by atoms with E-state index in [9.17, 15) is 27.9 Å². The fourth-order valence-corrected chi connectivity index (χ4v) is 3.23. The number of aromatic carboxylic acids is 1. The monoisotopic (exact) mass is 387 g/mol. The van der Waals surface area contributed by atoms with Gasteiger partial charge in [0.2, 0.25) is 0 Å². The Hall–Kier alpha value is -3.62. The summed E-state index contributed by atoms with van der Waals surface area (Å²) >= 11 is 0. The Morgan fingerprint density at radius 3 is 2.57 bits per heavy atom. The third-order valence-corrected chi connectivity index (χ3v) is 4.52. The van der Waals surface area contributed by atoms with Crippen molar-refractivity contribution >= 4 is 27.8 Å². The van der Waals surface area contributed by atoms with E-state index in [0.29, 0.717) is 11.1 Å². The van der Waals surface area contributed by atoms with E-state index in [0.717, 1.165) is 16.8 Å². The molecular formula is C19H12F3N3O3. The Balaban J connectivity index is 2.10. The van der Waals surface area contributed by atoms with E-state index >= 15 is 0 Å². The van der Waals surface area contributed by atoms with Crippen molar-refractivity contribution in [2.24, 2.45) is 0 Å². The summed E-state index contributed by atoms with van der Waals surface area (Å²) in [5, 5.41) is 12.3. The standard InChI is InChI=1S/C19H12F3N3O3/c1-9-6-10(19(20,21)22)7-12-15(9)23-8-13-16(12)24-25(17(13)26)14-5-3-2-4-11(14)18(27)28/h2-8,24H,1H3,(H,27,28). The number of carboxylic acids is 1. The van der Waals surface area contributed by atoms with Crippen LogP contribution in [-0.4, -0.2) is 25.8 Å². The molecule has 4 aromatic rings. The molecule has 9 heteroatoms. The lowest BCUT2D eigenvalue weighted by atomic mass is 10.0. The SMILES string of the molecule is Cc1cc(C(F)(F)F)cc2c1ncc1c(=O)n(-c3ccccc3C(=O)O)[nH]c12. The van der Waals surface area contributed by atoms with Crippen molar-refractivity contribution in [3.63, 3.8) is 0 Å². The number of hydrogen-bond acceptors (Lipinski definition) is 3. The van der Waals surface area contributed by atoms with E-state index in [1.54, 1.807) is 6.07 Å². The minimum absolute atomic E-state index is 0.0615. The van der Waals surface area contributed by atoms with Crippen LogP contribution in [0.2, 0.25) is 0 Å². The van der Waals surface area contributed by atoms with Gasteiger partial charge in [0.05, 0.1) is 33.2 Å². The summed E-state index contributed by atoms with van der Waals surface area (Å²) in [5.41, 5.74) is -0.718. The smallest absolute Gasteiger partial charge is 0.416 e. The molecule has 0 radical (unpaired) electrons. The van der Waals surface area contributed by atoms with Crippen LogP contribution in [0.15, 0.2) is 47.4 Å². The zero-order valence-corrected chi connectivity index (χ0v) is 14.3. The predicted octanol–water partition coefficient (Wildman–Crippen LogP) is 3.89. The van der Waals surface area contributed by atoms with Crippen LogP contribution in [0, 0.1) is 6.92 Å². The predicted molar refractivity (Wildman–Crippen MR) is 95.9 cm³/mol. The first-order chi connectivity index (χ1) is 13.2. The minimum atomic E-state index is -4.56. The molecule has 0 bridgehead atoms. The van der Waals surface area contributed by atoms with Gasteiger partial charge in [0, 0.05) is 11.6 Å². The van der Waals surface area contributed by atoms with Crippen LogP contribution in [0.5, 0.6) is 0 Å². The Kier molecular flexibility index (Phi) is 3.77. The van der Waals surface area contributed by atoms with Gasteiger partial charge in [-0.15, -0.1) is 0 Å². The van der Waals surface area contributed by atoms with Crippen LogP contribution in [0.4, 0.5) is 13.2 Å². The summed E-state index contributed by atoms with van der Waals surface area (Å²) in [6.07, 6.45) is -3.28. The number of para-hydroxylation sites is 1. The van der Waals surface area contributed by atoms with Gasteiger partial charge in [-0.3, -0.25) is 14.9 Å². The topological polar surface area (TPSA) is 88.0 Å². The van der Waals surface area contributed by atoms with E-state index in [-0.39, 0.29) is 27.5 Å². The molecule has 0 saturated heterocycles. The highest BCUT2D eigenvalue weighted by Gasteiger charge is 2.31. The van der Waals surface area contributed by atoms with Crippen LogP contribution in [0.25, 0.3) is 27.5 Å². The van der Waals surface area contributed by atoms with E-state index < -0.39 is 23.3 Å². The second kappa shape index (κ2) is 5.95. The first-order valence-electron chi connectivity index (χ1n) is 8.12. The van der Waals surface area contributed by atoms with Crippen molar-refractivity contribution in [3.8, 4) is 5.69 Å². The number of nitrogens with one attached hydrogen (secondary N) is 1. The maximum absolute atomic E-state index is 13.2. The number of aromatic nitrogens is 3. The zero-order valence-electron chi connectivity index (χ0n) is 14.3. The number of carboxylic acid groups (broad SMARTS) is 1. The Morgan fingerprint density at radius 1 is 1.18 bits per heavy atom. The number of pyridine rings is 1. The molecular weight excluding hydrogens is 375 g/mol. The molecule has 2 aromatic heterocycles. The van der Waals surface area contributed by atoms with E-state index in [4.69, 9.17) is 0 Å². The first kappa shape index (κ1) is 17.8. The van der Waals surface area contributed by atoms with Crippen molar-refractivity contribution in [2.75, 3.05) is 0 Å². The number of aryl methyl sites for hydroxylation is 1. The maximum atomic E-state index is 13.2. The summed E-state index contributed by atoms with van der Waals surface area (Å²) in [4.78, 5) is 28.4. The van der Waals surface area contributed by atoms with Crippen molar-refractivity contribution in [2.45, 2.75) is 13.1 Å². The fourth-order valence-electron chi connectivity index (χ4n) is 3.23. The van der Waals surface area contributed by atoms with Gasteiger partial charge in [-0.1, -0.05) is 12.1 Å². The minimum Gasteiger partial charge on any atom is -0.478 e. The van der Waals surface area contributed by atoms with Crippen molar-refractivity contribution in [1.82, 2.24) is 14.8 Å². The van der Waals surface area contributed by atoms with Crippen molar-refractivity contribution in [1.29, 1.82) is 0 Å². The summed E-state index contributed by atoms with van der Waals surface area (Å²) < 4.78 is 40.7.